The van der Waals surface area contributed by atoms with Crippen molar-refractivity contribution in [2.24, 2.45) is 5.92 Å². The summed E-state index contributed by atoms with van der Waals surface area (Å²) in [5.74, 6) is 0.0966. The molecule has 1 atom stereocenters. The molecule has 0 spiro atoms. The summed E-state index contributed by atoms with van der Waals surface area (Å²) in [4.78, 5) is 11.4. The van der Waals surface area contributed by atoms with Gasteiger partial charge in [-0.3, -0.25) is 4.79 Å². The van der Waals surface area contributed by atoms with E-state index in [9.17, 15) is 4.79 Å². The van der Waals surface area contributed by atoms with Crippen LogP contribution in [-0.4, -0.2) is 18.7 Å². The number of rotatable bonds is 8. The number of benzene rings is 3. The van der Waals surface area contributed by atoms with E-state index < -0.39 is 7.26 Å². The van der Waals surface area contributed by atoms with E-state index in [1.54, 1.807) is 0 Å². The van der Waals surface area contributed by atoms with Crippen molar-refractivity contribution < 1.29 is 9.53 Å². The second-order valence-corrected chi connectivity index (χ2v) is 10.6. The van der Waals surface area contributed by atoms with E-state index in [2.05, 4.69) is 97.9 Å². The van der Waals surface area contributed by atoms with Crippen LogP contribution in [0.15, 0.2) is 91.0 Å². The first-order valence-electron chi connectivity index (χ1n) is 9.85. The number of hydrogen-bond donors (Lipinski definition) is 0. The van der Waals surface area contributed by atoms with Gasteiger partial charge in [-0.2, -0.15) is 0 Å². The second-order valence-electron chi connectivity index (χ2n) is 7.08. The van der Waals surface area contributed by atoms with Crippen molar-refractivity contribution in [3.63, 3.8) is 0 Å². The fraction of sp³-hybridized carbons (Fsp3) is 0.240. The quantitative estimate of drug-likeness (QED) is 0.415. The second kappa shape index (κ2) is 9.66. The van der Waals surface area contributed by atoms with Crippen LogP contribution in [0.25, 0.3) is 0 Å². The molecular weight excluding hydrogens is 363 g/mol. The summed E-state index contributed by atoms with van der Waals surface area (Å²) in [5, 5.41) is 4.11. The number of carbonyl (C=O) groups is 1. The zero-order valence-electron chi connectivity index (χ0n) is 16.6. The van der Waals surface area contributed by atoms with E-state index in [1.165, 1.54) is 22.8 Å². The minimum atomic E-state index is -1.88. The van der Waals surface area contributed by atoms with E-state index in [1.807, 2.05) is 0 Å². The highest BCUT2D eigenvalue weighted by molar-refractivity contribution is 7.95. The highest BCUT2D eigenvalue weighted by atomic mass is 31.2. The Balaban J connectivity index is 2.17. The summed E-state index contributed by atoms with van der Waals surface area (Å²) in [5.41, 5.74) is 0. The van der Waals surface area contributed by atoms with Gasteiger partial charge in [0.1, 0.15) is 23.2 Å². The van der Waals surface area contributed by atoms with Gasteiger partial charge in [-0.25, -0.2) is 0 Å². The minimum Gasteiger partial charge on any atom is -0.465 e. The number of ether oxygens (including phenoxy) is 1. The SMILES string of the molecule is CCC(COC(C)=O)C[P+](c1ccccc1)(c1ccccc1)c1ccccc1. The van der Waals surface area contributed by atoms with Gasteiger partial charge in [-0.05, 0) is 42.8 Å². The predicted octanol–water partition coefficient (Wildman–Crippen LogP) is 4.57. The van der Waals surface area contributed by atoms with Crippen molar-refractivity contribution in [3.8, 4) is 0 Å². The lowest BCUT2D eigenvalue weighted by Crippen LogP contribution is -2.36. The van der Waals surface area contributed by atoms with E-state index >= 15 is 0 Å². The van der Waals surface area contributed by atoms with Gasteiger partial charge in [0, 0.05) is 12.8 Å². The summed E-state index contributed by atoms with van der Waals surface area (Å²) in [6, 6.07) is 32.5. The molecule has 3 aromatic carbocycles. The minimum absolute atomic E-state index is 0.207. The third kappa shape index (κ3) is 4.51. The maximum atomic E-state index is 11.4. The van der Waals surface area contributed by atoms with E-state index in [4.69, 9.17) is 4.74 Å². The third-order valence-corrected chi connectivity index (χ3v) is 9.83. The largest absolute Gasteiger partial charge is 0.465 e. The van der Waals surface area contributed by atoms with Crippen LogP contribution in [-0.2, 0) is 9.53 Å². The van der Waals surface area contributed by atoms with Crippen LogP contribution in [0.4, 0.5) is 0 Å². The Morgan fingerprint density at radius 2 is 1.18 bits per heavy atom. The number of carbonyl (C=O) groups excluding carboxylic acids is 1. The molecule has 0 aliphatic rings. The fourth-order valence-corrected chi connectivity index (χ4v) is 8.44. The Kier molecular flexibility index (Phi) is 7.01. The van der Waals surface area contributed by atoms with Gasteiger partial charge >= 0.3 is 5.97 Å². The number of hydrogen-bond acceptors (Lipinski definition) is 2. The highest BCUT2D eigenvalue weighted by Gasteiger charge is 2.46. The van der Waals surface area contributed by atoms with Crippen LogP contribution < -0.4 is 15.9 Å². The molecule has 2 nitrogen and oxygen atoms in total. The Labute approximate surface area is 168 Å². The Morgan fingerprint density at radius 3 is 1.50 bits per heavy atom. The summed E-state index contributed by atoms with van der Waals surface area (Å²) < 4.78 is 5.43. The monoisotopic (exact) mass is 391 g/mol. The molecular formula is C25H28O2P+. The van der Waals surface area contributed by atoms with Gasteiger partial charge in [0.05, 0.1) is 12.8 Å². The molecule has 0 heterocycles. The molecule has 28 heavy (non-hydrogen) atoms. The normalized spacial score (nSPS) is 12.4. The maximum absolute atomic E-state index is 11.4. The molecule has 0 aromatic heterocycles. The van der Waals surface area contributed by atoms with Gasteiger partial charge in [0.15, 0.2) is 0 Å². The molecule has 0 aliphatic carbocycles. The molecule has 0 bridgehead atoms. The molecule has 0 N–H and O–H groups in total. The van der Waals surface area contributed by atoms with E-state index in [0.717, 1.165) is 12.6 Å². The smallest absolute Gasteiger partial charge is 0.302 e. The molecule has 0 saturated heterocycles. The summed E-state index contributed by atoms with van der Waals surface area (Å²) in [6.45, 7) is 4.14. The average molecular weight is 391 g/mol. The molecule has 3 heteroatoms. The number of esters is 1. The van der Waals surface area contributed by atoms with Crippen LogP contribution in [0.5, 0.6) is 0 Å². The zero-order valence-corrected chi connectivity index (χ0v) is 17.5. The van der Waals surface area contributed by atoms with Crippen LogP contribution in [0, 0.1) is 5.92 Å². The van der Waals surface area contributed by atoms with Gasteiger partial charge in [0.25, 0.3) is 0 Å². The Bertz CT molecular complexity index is 766. The van der Waals surface area contributed by atoms with Crippen molar-refractivity contribution in [2.75, 3.05) is 12.8 Å². The zero-order chi connectivity index (χ0) is 19.8. The molecule has 0 radical (unpaired) electrons. The first kappa shape index (κ1) is 20.3. The molecule has 3 rings (SSSR count). The Hall–Kier alpha value is -2.44. The summed E-state index contributed by atoms with van der Waals surface area (Å²) >= 11 is 0. The van der Waals surface area contributed by atoms with Crippen molar-refractivity contribution in [3.05, 3.63) is 91.0 Å². The third-order valence-electron chi connectivity index (χ3n) is 5.22. The van der Waals surface area contributed by atoms with E-state index in [-0.39, 0.29) is 5.97 Å². The molecule has 0 fully saturated rings. The predicted molar refractivity (Wildman–Crippen MR) is 120 cm³/mol. The van der Waals surface area contributed by atoms with Crippen LogP contribution in [0.2, 0.25) is 0 Å². The van der Waals surface area contributed by atoms with Crippen molar-refractivity contribution in [1.29, 1.82) is 0 Å². The van der Waals surface area contributed by atoms with Crippen molar-refractivity contribution in [2.45, 2.75) is 20.3 Å². The summed E-state index contributed by atoms with van der Waals surface area (Å²) in [7, 11) is -1.88. The molecule has 144 valence electrons. The lowest BCUT2D eigenvalue weighted by molar-refractivity contribution is -0.142. The van der Waals surface area contributed by atoms with Gasteiger partial charge in [-0.15, -0.1) is 0 Å². The maximum Gasteiger partial charge on any atom is 0.302 e. The average Bonchev–Trinajstić information content (AvgIpc) is 2.76. The van der Waals surface area contributed by atoms with Crippen molar-refractivity contribution >= 4 is 29.1 Å². The van der Waals surface area contributed by atoms with E-state index in [0.29, 0.717) is 12.5 Å². The first-order chi connectivity index (χ1) is 13.7. The topological polar surface area (TPSA) is 26.3 Å². The standard InChI is InChI=1S/C25H28O2P/c1-3-22(19-27-21(2)26)20-28(23-13-7-4-8-14-23,24-15-9-5-10-16-24)25-17-11-6-12-18-25/h4-18,22H,3,19-20H2,1-2H3/q+1. The molecule has 3 aromatic rings. The fourth-order valence-electron chi connectivity index (χ4n) is 3.73. The van der Waals surface area contributed by atoms with Gasteiger partial charge in [0.2, 0.25) is 0 Å². The summed E-state index contributed by atoms with van der Waals surface area (Å²) in [6.07, 6.45) is 1.95. The van der Waals surface area contributed by atoms with Gasteiger partial charge in [-0.1, -0.05) is 61.5 Å². The molecule has 1 unspecified atom stereocenters. The van der Waals surface area contributed by atoms with Crippen molar-refractivity contribution in [1.82, 2.24) is 0 Å². The molecule has 0 saturated carbocycles. The molecule has 0 aliphatic heterocycles. The van der Waals surface area contributed by atoms with Crippen LogP contribution >= 0.6 is 7.26 Å². The lowest BCUT2D eigenvalue weighted by Gasteiger charge is -2.30. The van der Waals surface area contributed by atoms with Crippen LogP contribution in [0.1, 0.15) is 20.3 Å². The first-order valence-corrected chi connectivity index (χ1v) is 11.8. The van der Waals surface area contributed by atoms with Crippen LogP contribution in [0.3, 0.4) is 0 Å². The molecule has 0 amide bonds. The highest BCUT2D eigenvalue weighted by Crippen LogP contribution is 2.56. The Morgan fingerprint density at radius 1 is 0.786 bits per heavy atom. The van der Waals surface area contributed by atoms with Gasteiger partial charge < -0.3 is 4.74 Å². The lowest BCUT2D eigenvalue weighted by atomic mass is 10.1.